The van der Waals surface area contributed by atoms with Crippen molar-refractivity contribution in [2.45, 2.75) is 10.4 Å². The first-order valence-electron chi connectivity index (χ1n) is 6.51. The normalized spacial score (nSPS) is 11.8. The van der Waals surface area contributed by atoms with Gasteiger partial charge >= 0.3 is 17.2 Å². The minimum Gasteiger partial charge on any atom is -0.415 e. The van der Waals surface area contributed by atoms with Crippen LogP contribution in [0.3, 0.4) is 0 Å². The number of hydrogen-bond acceptors (Lipinski definition) is 6. The van der Waals surface area contributed by atoms with Crippen molar-refractivity contribution in [3.63, 3.8) is 0 Å². The lowest BCUT2D eigenvalue weighted by Crippen LogP contribution is -2.23. The van der Waals surface area contributed by atoms with Gasteiger partial charge in [0.05, 0.1) is 15.4 Å². The van der Waals surface area contributed by atoms with Crippen LogP contribution in [0.15, 0.2) is 47.4 Å². The van der Waals surface area contributed by atoms with Gasteiger partial charge in [0, 0.05) is 12.1 Å². The molecule has 0 aliphatic carbocycles. The summed E-state index contributed by atoms with van der Waals surface area (Å²) in [5.74, 6) is -2.90. The van der Waals surface area contributed by atoms with Gasteiger partial charge in [-0.15, -0.1) is 0 Å². The molecule has 0 spiro atoms. The van der Waals surface area contributed by atoms with Crippen LogP contribution < -0.4 is 4.74 Å². The zero-order valence-electron chi connectivity index (χ0n) is 12.4. The SMILES string of the molecule is O=C(Oc1cc(F)ccc1[N+](=O)[O-])c1ccc(S(=O)(=O)C(F)(F)F)cc1. The number of carbonyl (C=O) groups excluding carboxylic acids is 1. The van der Waals surface area contributed by atoms with E-state index in [4.69, 9.17) is 0 Å². The Bertz CT molecular complexity index is 970. The molecule has 12 heteroatoms. The van der Waals surface area contributed by atoms with Gasteiger partial charge in [-0.2, -0.15) is 13.2 Å². The summed E-state index contributed by atoms with van der Waals surface area (Å²) in [5.41, 5.74) is -6.63. The van der Waals surface area contributed by atoms with Crippen LogP contribution in [-0.2, 0) is 9.84 Å². The fourth-order valence-electron chi connectivity index (χ4n) is 1.78. The fraction of sp³-hybridized carbons (Fsp3) is 0.0714. The minimum atomic E-state index is -5.59. The Morgan fingerprint density at radius 3 is 2.15 bits per heavy atom. The molecule has 0 saturated heterocycles. The third-order valence-electron chi connectivity index (χ3n) is 3.03. The predicted molar refractivity (Wildman–Crippen MR) is 77.7 cm³/mol. The monoisotopic (exact) mass is 393 g/mol. The summed E-state index contributed by atoms with van der Waals surface area (Å²) < 4.78 is 77.6. The predicted octanol–water partition coefficient (Wildman–Crippen LogP) is 3.25. The van der Waals surface area contributed by atoms with Gasteiger partial charge in [0.1, 0.15) is 5.82 Å². The largest absolute Gasteiger partial charge is 0.501 e. The van der Waals surface area contributed by atoms with Crippen LogP contribution >= 0.6 is 0 Å². The lowest BCUT2D eigenvalue weighted by atomic mass is 10.2. The van der Waals surface area contributed by atoms with Gasteiger partial charge < -0.3 is 4.74 Å². The summed E-state index contributed by atoms with van der Waals surface area (Å²) in [6.07, 6.45) is 0. The maximum atomic E-state index is 13.2. The first-order chi connectivity index (χ1) is 11.9. The molecule has 0 aromatic heterocycles. The van der Waals surface area contributed by atoms with Crippen LogP contribution in [0.4, 0.5) is 23.2 Å². The van der Waals surface area contributed by atoms with Crippen molar-refractivity contribution in [1.82, 2.24) is 0 Å². The number of benzene rings is 2. The molecule has 138 valence electrons. The second-order valence-corrected chi connectivity index (χ2v) is 6.67. The number of sulfone groups is 1. The molecule has 0 atom stereocenters. The Hall–Kier alpha value is -3.02. The number of halogens is 4. The van der Waals surface area contributed by atoms with Gasteiger partial charge in [-0.05, 0) is 30.3 Å². The summed E-state index contributed by atoms with van der Waals surface area (Å²) in [6.45, 7) is 0. The molecule has 2 aromatic rings. The summed E-state index contributed by atoms with van der Waals surface area (Å²) >= 11 is 0. The number of hydrogen-bond donors (Lipinski definition) is 0. The molecule has 0 unspecified atom stereocenters. The first kappa shape index (κ1) is 19.3. The van der Waals surface area contributed by atoms with Crippen LogP contribution in [0.25, 0.3) is 0 Å². The maximum Gasteiger partial charge on any atom is 0.501 e. The van der Waals surface area contributed by atoms with Crippen molar-refractivity contribution in [1.29, 1.82) is 0 Å². The highest BCUT2D eigenvalue weighted by atomic mass is 32.2. The molecular weight excluding hydrogens is 386 g/mol. The Balaban J connectivity index is 2.30. The molecule has 0 radical (unpaired) electrons. The van der Waals surface area contributed by atoms with Crippen molar-refractivity contribution in [3.8, 4) is 5.75 Å². The highest BCUT2D eigenvalue weighted by molar-refractivity contribution is 7.92. The highest BCUT2D eigenvalue weighted by Crippen LogP contribution is 2.31. The van der Waals surface area contributed by atoms with Crippen LogP contribution in [0.2, 0.25) is 0 Å². The third kappa shape index (κ3) is 3.79. The van der Waals surface area contributed by atoms with E-state index in [1.54, 1.807) is 0 Å². The number of ether oxygens (including phenoxy) is 1. The van der Waals surface area contributed by atoms with Crippen LogP contribution in [-0.4, -0.2) is 24.8 Å². The first-order valence-corrected chi connectivity index (χ1v) is 7.99. The van der Waals surface area contributed by atoms with E-state index in [1.807, 2.05) is 0 Å². The van der Waals surface area contributed by atoms with E-state index in [9.17, 15) is 40.9 Å². The van der Waals surface area contributed by atoms with E-state index in [2.05, 4.69) is 4.74 Å². The van der Waals surface area contributed by atoms with Gasteiger partial charge in [0.15, 0.2) is 0 Å². The molecule has 2 aromatic carbocycles. The summed E-state index contributed by atoms with van der Waals surface area (Å²) in [5, 5.41) is 10.8. The molecule has 0 heterocycles. The fourth-order valence-corrected chi connectivity index (χ4v) is 2.54. The number of nitrogens with zero attached hydrogens (tertiary/aromatic N) is 1. The van der Waals surface area contributed by atoms with Gasteiger partial charge in [0.2, 0.25) is 5.75 Å². The molecule has 0 aliphatic heterocycles. The van der Waals surface area contributed by atoms with Crippen LogP contribution in [0, 0.1) is 15.9 Å². The average Bonchev–Trinajstić information content (AvgIpc) is 2.53. The highest BCUT2D eigenvalue weighted by Gasteiger charge is 2.46. The molecule has 0 fully saturated rings. The Morgan fingerprint density at radius 2 is 1.65 bits per heavy atom. The summed E-state index contributed by atoms with van der Waals surface area (Å²) in [4.78, 5) is 20.7. The molecule has 7 nitrogen and oxygen atoms in total. The quantitative estimate of drug-likeness (QED) is 0.260. The Morgan fingerprint density at radius 1 is 1.08 bits per heavy atom. The van der Waals surface area contributed by atoms with E-state index >= 15 is 0 Å². The van der Waals surface area contributed by atoms with E-state index in [-0.39, 0.29) is 0 Å². The zero-order valence-corrected chi connectivity index (χ0v) is 13.2. The Labute approximate surface area is 142 Å². The van der Waals surface area contributed by atoms with Crippen molar-refractivity contribution < 1.29 is 40.4 Å². The topological polar surface area (TPSA) is 104 Å². The lowest BCUT2D eigenvalue weighted by molar-refractivity contribution is -0.385. The maximum absolute atomic E-state index is 13.2. The van der Waals surface area contributed by atoms with E-state index in [1.165, 1.54) is 0 Å². The standard InChI is InChI=1S/C14H7F4NO6S/c15-9-3-6-11(19(21)22)12(7-9)25-13(20)8-1-4-10(5-2-8)26(23,24)14(16,17)18/h1-7H. The molecule has 0 amide bonds. The minimum absolute atomic E-state index is 0.398. The second-order valence-electron chi connectivity index (χ2n) is 4.73. The molecule has 0 saturated carbocycles. The molecule has 0 aliphatic rings. The van der Waals surface area contributed by atoms with Crippen molar-refractivity contribution >= 4 is 21.5 Å². The van der Waals surface area contributed by atoms with Crippen LogP contribution in [0.5, 0.6) is 5.75 Å². The number of rotatable bonds is 4. The Kier molecular flexibility index (Phi) is 4.98. The number of carbonyl (C=O) groups is 1. The smallest absolute Gasteiger partial charge is 0.415 e. The van der Waals surface area contributed by atoms with E-state index in [0.29, 0.717) is 18.2 Å². The van der Waals surface area contributed by atoms with E-state index in [0.717, 1.165) is 24.3 Å². The van der Waals surface area contributed by atoms with Crippen molar-refractivity contribution in [2.75, 3.05) is 0 Å². The lowest BCUT2D eigenvalue weighted by Gasteiger charge is -2.09. The molecule has 0 bridgehead atoms. The third-order valence-corrected chi connectivity index (χ3v) is 4.53. The zero-order chi connectivity index (χ0) is 19.7. The van der Waals surface area contributed by atoms with Gasteiger partial charge in [-0.1, -0.05) is 0 Å². The van der Waals surface area contributed by atoms with Crippen molar-refractivity contribution in [2.24, 2.45) is 0 Å². The number of nitro benzene ring substituents is 1. The summed E-state index contributed by atoms with van der Waals surface area (Å²) in [7, 11) is -5.59. The van der Waals surface area contributed by atoms with Gasteiger partial charge in [0.25, 0.3) is 9.84 Å². The average molecular weight is 393 g/mol. The van der Waals surface area contributed by atoms with Gasteiger partial charge in [-0.3, -0.25) is 10.1 Å². The number of alkyl halides is 3. The molecular formula is C14H7F4NO6S. The summed E-state index contributed by atoms with van der Waals surface area (Å²) in [6, 6.07) is 4.62. The van der Waals surface area contributed by atoms with E-state index < -0.39 is 54.0 Å². The second kappa shape index (κ2) is 6.71. The van der Waals surface area contributed by atoms with Crippen molar-refractivity contribution in [3.05, 3.63) is 64.0 Å². The molecule has 2 rings (SSSR count). The number of nitro groups is 1. The number of esters is 1. The molecule has 26 heavy (non-hydrogen) atoms. The molecule has 0 N–H and O–H groups in total. The van der Waals surface area contributed by atoms with Crippen LogP contribution in [0.1, 0.15) is 10.4 Å². The van der Waals surface area contributed by atoms with Gasteiger partial charge in [-0.25, -0.2) is 17.6 Å².